The van der Waals surface area contributed by atoms with E-state index in [0.717, 1.165) is 21.9 Å². The molecule has 1 saturated heterocycles. The van der Waals surface area contributed by atoms with Crippen molar-refractivity contribution in [3.05, 3.63) is 118 Å². The summed E-state index contributed by atoms with van der Waals surface area (Å²) < 4.78 is 24.7. The number of imide groups is 1. The summed E-state index contributed by atoms with van der Waals surface area (Å²) in [4.78, 5) is 143. The van der Waals surface area contributed by atoms with Crippen LogP contribution in [0.2, 0.25) is 0 Å². The number of aliphatic hydroxyl groups excluding tert-OH is 3. The molecule has 4 aliphatic heterocycles. The first-order valence-electron chi connectivity index (χ1n) is 34.8. The van der Waals surface area contributed by atoms with E-state index in [1.807, 2.05) is 12.1 Å². The number of carbonyl (C=O) groups is 9. The number of aromatic nitrogens is 1. The standard InChI is InChI=1S/C75H93N9O18S/c1-39(2)60(80-54(86)19-12-11-13-30-84-55(87)26-27-56(84)88)51(85)36-47(18-15-29-77-73(76)97)72(96)78-48-22-20-46(21-23-48)38-100-74(98)83-33-31-82(32-34-83)49-24-25-50-53(37-49)103-69-61(79-50)57-58-66(92)45(8)68-59(57)70(94)75(9,102-68)101-35-28-52(99-10)42(5)64(90)44(7)65(91)43(6)63(89)40(3)16-14-17-41(4)71(95)81-62(69)67(58)93/h14,16-17,20-28,35,37,39-40,42-44,47,52,60,63-65,89-91,93H,11-13,15,18-19,29-34,36,38H2,1-10H3,(H,78,96)(H,80,86)(H,81,95)(H3,76,77,97)/b16-14+,35-28+,41-17-/t40-,42+,43+,44-,47+,52-,60-,63-,64+,65+,75-/m0/s1. The quantitative estimate of drug-likeness (QED) is 0.0111. The van der Waals surface area contributed by atoms with Crippen molar-refractivity contribution in [1.82, 2.24) is 25.4 Å². The fourth-order valence-electron chi connectivity index (χ4n) is 13.4. The molecule has 5 heterocycles. The van der Waals surface area contributed by atoms with Crippen molar-refractivity contribution in [3.8, 4) is 11.5 Å². The summed E-state index contributed by atoms with van der Waals surface area (Å²) >= 11 is 1.15. The fourth-order valence-corrected chi connectivity index (χ4v) is 14.5. The number of nitrogens with two attached hydrogens (primary N) is 1. The number of allylic oxidation sites excluding steroid dienone is 2. The van der Waals surface area contributed by atoms with Crippen molar-refractivity contribution in [3.63, 3.8) is 0 Å². The van der Waals surface area contributed by atoms with Crippen molar-refractivity contribution in [2.24, 2.45) is 41.2 Å². The number of urea groups is 1. The molecule has 0 spiro atoms. The van der Waals surface area contributed by atoms with Gasteiger partial charge in [0.25, 0.3) is 23.5 Å². The number of methoxy groups -OCH3 is 1. The first-order valence-corrected chi connectivity index (χ1v) is 35.6. The van der Waals surface area contributed by atoms with Crippen LogP contribution in [0, 0.1) is 42.4 Å². The molecule has 0 saturated carbocycles. The Morgan fingerprint density at radius 3 is 2.20 bits per heavy atom. The second kappa shape index (κ2) is 33.7. The largest absolute Gasteiger partial charge is 0.505 e. The second-order valence-electron chi connectivity index (χ2n) is 27.6. The highest BCUT2D eigenvalue weighted by Gasteiger charge is 2.50. The number of amides is 8. The number of phenolic OH excluding ortho intramolecular Hbond substituents is 1. The van der Waals surface area contributed by atoms with Crippen molar-refractivity contribution in [1.29, 1.82) is 0 Å². The number of ether oxygens (including phenoxy) is 4. The molecule has 4 aromatic carbocycles. The number of carbonyl (C=O) groups excluding carboxylic acids is 9. The smallest absolute Gasteiger partial charge is 0.410 e. The minimum Gasteiger partial charge on any atom is -0.505 e. The Labute approximate surface area is 600 Å². The Morgan fingerprint density at radius 2 is 1.53 bits per heavy atom. The van der Waals surface area contributed by atoms with Crippen LogP contribution in [0.4, 0.5) is 26.7 Å². The molecular weight excluding hydrogens is 1350 g/mol. The van der Waals surface area contributed by atoms with Crippen LogP contribution in [-0.2, 0) is 49.6 Å². The normalized spacial score (nSPS) is 24.4. The van der Waals surface area contributed by atoms with Crippen LogP contribution in [0.1, 0.15) is 122 Å². The summed E-state index contributed by atoms with van der Waals surface area (Å²) in [5.74, 6) is -9.79. The van der Waals surface area contributed by atoms with Gasteiger partial charge in [-0.05, 0) is 87.4 Å². The van der Waals surface area contributed by atoms with Crippen molar-refractivity contribution < 1.29 is 82.5 Å². The lowest BCUT2D eigenvalue weighted by atomic mass is 9.78. The third-order valence-electron chi connectivity index (χ3n) is 19.9. The second-order valence-corrected chi connectivity index (χ2v) is 28.6. The highest BCUT2D eigenvalue weighted by atomic mass is 32.1. The van der Waals surface area contributed by atoms with E-state index in [0.29, 0.717) is 60.2 Å². The van der Waals surface area contributed by atoms with Gasteiger partial charge in [0, 0.05) is 136 Å². The van der Waals surface area contributed by atoms with E-state index in [1.54, 1.807) is 95.8 Å². The molecule has 0 unspecified atom stereocenters. The number of fused-ring (bicyclic) bond motifs is 2. The van der Waals surface area contributed by atoms with Gasteiger partial charge in [0.2, 0.25) is 11.8 Å². The molecule has 552 valence electrons. The first kappa shape index (κ1) is 77.5. The molecule has 1 aromatic heterocycles. The highest BCUT2D eigenvalue weighted by molar-refractivity contribution is 7.25. The molecule has 0 radical (unpaired) electrons. The Balaban J connectivity index is 0.881. The zero-order valence-corrected chi connectivity index (χ0v) is 60.4. The van der Waals surface area contributed by atoms with Crippen LogP contribution >= 0.6 is 11.3 Å². The van der Waals surface area contributed by atoms with Crippen LogP contribution in [0.25, 0.3) is 31.2 Å². The zero-order valence-electron chi connectivity index (χ0n) is 59.6. The number of benzene rings is 4. The molecule has 8 amide bonds. The number of phenols is 1. The summed E-state index contributed by atoms with van der Waals surface area (Å²) in [7, 11) is 1.43. The van der Waals surface area contributed by atoms with Gasteiger partial charge in [-0.3, -0.25) is 43.3 Å². The van der Waals surface area contributed by atoms with Crippen LogP contribution in [0.15, 0.2) is 95.6 Å². The van der Waals surface area contributed by atoms with E-state index in [2.05, 4.69) is 26.2 Å². The minimum atomic E-state index is -2.06. The molecule has 1 fully saturated rings. The summed E-state index contributed by atoms with van der Waals surface area (Å²) in [5, 5.41) is 57.6. The Bertz CT molecular complexity index is 4260. The average Bonchev–Trinajstić information content (AvgIpc) is 1.64. The predicted octanol–water partition coefficient (Wildman–Crippen LogP) is 7.94. The van der Waals surface area contributed by atoms with Gasteiger partial charge in [0.1, 0.15) is 18.0 Å². The van der Waals surface area contributed by atoms with Crippen molar-refractivity contribution in [2.75, 3.05) is 61.9 Å². The van der Waals surface area contributed by atoms with Gasteiger partial charge in [0.05, 0.1) is 68.1 Å². The lowest BCUT2D eigenvalue weighted by molar-refractivity contribution is -0.137. The van der Waals surface area contributed by atoms with Crippen LogP contribution in [-0.4, -0.2) is 171 Å². The maximum absolute atomic E-state index is 15.0. The first-order chi connectivity index (χ1) is 48.9. The molecule has 11 atom stereocenters. The number of nitrogens with one attached hydrogen (secondary N) is 4. The predicted molar refractivity (Wildman–Crippen MR) is 388 cm³/mol. The number of piperazine rings is 1. The van der Waals surface area contributed by atoms with E-state index in [9.17, 15) is 68.4 Å². The fraction of sp³-hybridized carbons (Fsp3) is 0.480. The van der Waals surface area contributed by atoms with Crippen molar-refractivity contribution >= 4 is 113 Å². The third-order valence-corrected chi connectivity index (χ3v) is 21.1. The zero-order chi connectivity index (χ0) is 74.9. The molecule has 4 bridgehead atoms. The number of ketones is 2. The number of aliphatic hydroxyl groups is 3. The molecule has 5 aromatic rings. The highest BCUT2D eigenvalue weighted by Crippen LogP contribution is 2.50. The Kier molecular flexibility index (Phi) is 25.3. The molecule has 4 aliphatic rings. The van der Waals surface area contributed by atoms with Gasteiger partial charge in [-0.1, -0.05) is 78.3 Å². The topological polar surface area (TPSA) is 385 Å². The molecule has 9 rings (SSSR count). The molecule has 0 aliphatic carbocycles. The summed E-state index contributed by atoms with van der Waals surface area (Å²) in [6.07, 6.45) is 7.21. The van der Waals surface area contributed by atoms with E-state index in [-0.39, 0.29) is 131 Å². The number of rotatable bonds is 21. The number of hydrogen-bond donors (Lipinski definition) is 9. The van der Waals surface area contributed by atoms with Crippen LogP contribution < -0.4 is 42.1 Å². The van der Waals surface area contributed by atoms with Gasteiger partial charge in [0.15, 0.2) is 17.0 Å². The van der Waals surface area contributed by atoms with E-state index < -0.39 is 107 Å². The van der Waals surface area contributed by atoms with Gasteiger partial charge in [-0.25, -0.2) is 14.6 Å². The van der Waals surface area contributed by atoms with Gasteiger partial charge >= 0.3 is 17.9 Å². The van der Waals surface area contributed by atoms with E-state index in [4.69, 9.17) is 29.7 Å². The molecule has 27 nitrogen and oxygen atoms in total. The van der Waals surface area contributed by atoms with E-state index in [1.165, 1.54) is 51.5 Å². The van der Waals surface area contributed by atoms with Gasteiger partial charge in [-0.15, -0.1) is 11.3 Å². The van der Waals surface area contributed by atoms with Gasteiger partial charge in [-0.2, -0.15) is 0 Å². The van der Waals surface area contributed by atoms with Crippen LogP contribution in [0.5, 0.6) is 11.5 Å². The number of anilines is 3. The lowest BCUT2D eigenvalue weighted by Gasteiger charge is -2.36. The average molecular weight is 1440 g/mol. The Hall–Kier alpha value is -9.61. The summed E-state index contributed by atoms with van der Waals surface area (Å²) in [5.41, 5.74) is 6.84. The number of aromatic hydroxyl groups is 1. The molecular formula is C75H93N9O18S. The number of primary amides is 1. The monoisotopic (exact) mass is 1440 g/mol. The SMILES string of the molecule is CO[C@H]1/C=C/O[C@@]2(C)Oc3c(C)c(=O)c4c(O)c(c5sc6cc(N7CCN(C(=O)OCc8ccc(NC(=O)[C@H](CCCNC(N)=O)CC(=O)[C@@H](NC(=O)CCCCCN9C(=O)C=CC9=O)C(C)C)cc8)CC7)ccc6nc5c4c3C2=O)NC(=O)/C(C)=C\C=C\[C@H](C)[C@H](O)[C@@H](C)[C@@H](O)[C@@H](C)[C@H](O)[C@@H]1C. The lowest BCUT2D eigenvalue weighted by Crippen LogP contribution is -2.48. The third kappa shape index (κ3) is 17.7. The van der Waals surface area contributed by atoms with Crippen molar-refractivity contribution in [2.45, 2.75) is 150 Å². The molecule has 28 heteroatoms. The van der Waals surface area contributed by atoms with E-state index >= 15 is 0 Å². The Morgan fingerprint density at radius 1 is 0.854 bits per heavy atom. The number of hydrogen-bond acceptors (Lipinski definition) is 21. The summed E-state index contributed by atoms with van der Waals surface area (Å²) in [6, 6.07) is 10.6. The maximum atomic E-state index is 15.0. The number of unbranched alkanes of at least 4 members (excludes halogenated alkanes) is 2. The summed E-state index contributed by atoms with van der Waals surface area (Å²) in [6.45, 7) is 16.5. The number of Topliss-reactive ketones (excluding diaryl/α,β-unsaturated/α-hetero) is 2. The number of nitrogens with zero attached hydrogens (tertiary/aromatic N) is 4. The van der Waals surface area contributed by atoms with Gasteiger partial charge < -0.3 is 76.2 Å². The van der Waals surface area contributed by atoms with Crippen LogP contribution in [0.3, 0.4) is 0 Å². The maximum Gasteiger partial charge on any atom is 0.410 e. The molecule has 103 heavy (non-hydrogen) atoms. The minimum absolute atomic E-state index is 0.0179. The molecule has 10 N–H and O–H groups in total.